The van der Waals surface area contributed by atoms with Gasteiger partial charge in [-0.15, -0.1) is 0 Å². The van der Waals surface area contributed by atoms with Gasteiger partial charge in [0, 0.05) is 19.3 Å². The normalized spacial score (nSPS) is 21.4. The fourth-order valence-corrected chi connectivity index (χ4v) is 3.23. The molecule has 0 spiro atoms. The molecule has 1 aliphatic carbocycles. The van der Waals surface area contributed by atoms with Crippen LogP contribution in [0, 0.1) is 0 Å². The van der Waals surface area contributed by atoms with Crippen LogP contribution >= 0.6 is 0 Å². The summed E-state index contributed by atoms with van der Waals surface area (Å²) in [5.41, 5.74) is 2.37. The number of nitrogens with one attached hydrogen (secondary N) is 1. The van der Waals surface area contributed by atoms with Crippen molar-refractivity contribution in [2.75, 3.05) is 13.2 Å². The number of amides is 1. The zero-order valence-electron chi connectivity index (χ0n) is 13.9. The molecule has 120 valence electrons. The summed E-state index contributed by atoms with van der Waals surface area (Å²) in [6.45, 7) is 8.17. The molecule has 3 heteroatoms. The van der Waals surface area contributed by atoms with E-state index in [2.05, 4.69) is 50.4 Å². The van der Waals surface area contributed by atoms with Crippen LogP contribution in [0.2, 0.25) is 0 Å². The van der Waals surface area contributed by atoms with Crippen LogP contribution in [0.1, 0.15) is 57.6 Å². The molecule has 1 aliphatic heterocycles. The van der Waals surface area contributed by atoms with Crippen molar-refractivity contribution in [1.82, 2.24) is 5.32 Å². The van der Waals surface area contributed by atoms with Gasteiger partial charge in [0.05, 0.1) is 5.41 Å². The van der Waals surface area contributed by atoms with E-state index in [-0.39, 0.29) is 22.8 Å². The molecule has 0 bridgehead atoms. The van der Waals surface area contributed by atoms with Gasteiger partial charge in [0.2, 0.25) is 5.91 Å². The quantitative estimate of drug-likeness (QED) is 0.930. The molecule has 1 heterocycles. The minimum absolute atomic E-state index is 0.152. The number of carbonyl (C=O) groups is 1. The minimum Gasteiger partial charge on any atom is -0.381 e. The Morgan fingerprint density at radius 1 is 1.14 bits per heavy atom. The van der Waals surface area contributed by atoms with Crippen LogP contribution in [0.5, 0.6) is 0 Å². The monoisotopic (exact) mass is 301 g/mol. The standard InChI is InChI=1S/C19H27NO2/c1-18(2,3)14-4-6-15(7-5-14)19(10-11-19)17(21)20-16-8-12-22-13-9-16/h4-7,16H,8-13H2,1-3H3,(H,20,21). The first kappa shape index (κ1) is 15.5. The number of hydrogen-bond donors (Lipinski definition) is 1. The third-order valence-electron chi connectivity index (χ3n) is 5.04. The summed E-state index contributed by atoms with van der Waals surface area (Å²) in [6, 6.07) is 8.94. The molecule has 3 nitrogen and oxygen atoms in total. The van der Waals surface area contributed by atoms with Crippen LogP contribution in [0.3, 0.4) is 0 Å². The highest BCUT2D eigenvalue weighted by Gasteiger charge is 2.51. The van der Waals surface area contributed by atoms with Crippen molar-refractivity contribution in [3.63, 3.8) is 0 Å². The Balaban J connectivity index is 1.71. The Morgan fingerprint density at radius 2 is 1.73 bits per heavy atom. The number of rotatable bonds is 3. The maximum atomic E-state index is 12.7. The highest BCUT2D eigenvalue weighted by Crippen LogP contribution is 2.48. The zero-order valence-corrected chi connectivity index (χ0v) is 13.9. The molecule has 0 aromatic heterocycles. The van der Waals surface area contributed by atoms with Crippen molar-refractivity contribution < 1.29 is 9.53 Å². The number of hydrogen-bond acceptors (Lipinski definition) is 2. The van der Waals surface area contributed by atoms with Crippen LogP contribution in [0.25, 0.3) is 0 Å². The van der Waals surface area contributed by atoms with Crippen molar-refractivity contribution >= 4 is 5.91 Å². The Labute approximate surface area is 133 Å². The van der Waals surface area contributed by atoms with E-state index in [1.165, 1.54) is 11.1 Å². The molecule has 2 aliphatic rings. The third kappa shape index (κ3) is 3.05. The van der Waals surface area contributed by atoms with Gasteiger partial charge in [-0.3, -0.25) is 4.79 Å². The second-order valence-electron chi connectivity index (χ2n) is 7.77. The van der Waals surface area contributed by atoms with Crippen LogP contribution in [0.4, 0.5) is 0 Å². The number of benzene rings is 1. The Bertz CT molecular complexity index is 532. The fourth-order valence-electron chi connectivity index (χ4n) is 3.23. The van der Waals surface area contributed by atoms with E-state index >= 15 is 0 Å². The summed E-state index contributed by atoms with van der Waals surface area (Å²) in [6.07, 6.45) is 3.81. The summed E-state index contributed by atoms with van der Waals surface area (Å²) < 4.78 is 5.36. The van der Waals surface area contributed by atoms with Crippen LogP contribution < -0.4 is 5.32 Å². The van der Waals surface area contributed by atoms with Gasteiger partial charge >= 0.3 is 0 Å². The maximum absolute atomic E-state index is 12.7. The van der Waals surface area contributed by atoms with Gasteiger partial charge < -0.3 is 10.1 Å². The largest absolute Gasteiger partial charge is 0.381 e. The number of ether oxygens (including phenoxy) is 1. The van der Waals surface area contributed by atoms with Crippen LogP contribution in [0.15, 0.2) is 24.3 Å². The molecule has 1 aromatic carbocycles. The fraction of sp³-hybridized carbons (Fsp3) is 0.632. The molecule has 1 aromatic rings. The van der Waals surface area contributed by atoms with Gasteiger partial charge in [-0.1, -0.05) is 45.0 Å². The van der Waals surface area contributed by atoms with Gasteiger partial charge in [0.25, 0.3) is 0 Å². The molecule has 1 amide bonds. The van der Waals surface area contributed by atoms with Gasteiger partial charge in [0.1, 0.15) is 0 Å². The lowest BCUT2D eigenvalue weighted by Gasteiger charge is -2.26. The van der Waals surface area contributed by atoms with E-state index in [0.29, 0.717) is 0 Å². The molecule has 0 radical (unpaired) electrons. The van der Waals surface area contributed by atoms with Crippen molar-refractivity contribution in [2.24, 2.45) is 0 Å². The van der Waals surface area contributed by atoms with E-state index in [1.54, 1.807) is 0 Å². The predicted molar refractivity (Wildman–Crippen MR) is 88.0 cm³/mol. The van der Waals surface area contributed by atoms with Crippen molar-refractivity contribution in [3.8, 4) is 0 Å². The smallest absolute Gasteiger partial charge is 0.230 e. The lowest BCUT2D eigenvalue weighted by atomic mass is 9.84. The Kier molecular flexibility index (Phi) is 4.02. The lowest BCUT2D eigenvalue weighted by Crippen LogP contribution is -2.44. The summed E-state index contributed by atoms with van der Waals surface area (Å²) >= 11 is 0. The minimum atomic E-state index is -0.269. The van der Waals surface area contributed by atoms with Crippen molar-refractivity contribution in [1.29, 1.82) is 0 Å². The topological polar surface area (TPSA) is 38.3 Å². The van der Waals surface area contributed by atoms with E-state index in [9.17, 15) is 4.79 Å². The first-order chi connectivity index (χ1) is 10.4. The van der Waals surface area contributed by atoms with E-state index in [4.69, 9.17) is 4.74 Å². The average Bonchev–Trinajstić information content (AvgIpc) is 3.29. The summed E-state index contributed by atoms with van der Waals surface area (Å²) in [5, 5.41) is 3.25. The summed E-state index contributed by atoms with van der Waals surface area (Å²) in [4.78, 5) is 12.7. The SMILES string of the molecule is CC(C)(C)c1ccc(C2(C(=O)NC3CCOCC3)CC2)cc1. The highest BCUT2D eigenvalue weighted by molar-refractivity contribution is 5.91. The number of carbonyl (C=O) groups excluding carboxylic acids is 1. The molecular weight excluding hydrogens is 274 g/mol. The summed E-state index contributed by atoms with van der Waals surface area (Å²) in [7, 11) is 0. The maximum Gasteiger partial charge on any atom is 0.230 e. The molecule has 0 unspecified atom stereocenters. The molecule has 1 N–H and O–H groups in total. The molecule has 1 saturated carbocycles. The molecule has 0 atom stereocenters. The van der Waals surface area contributed by atoms with E-state index < -0.39 is 0 Å². The lowest BCUT2D eigenvalue weighted by molar-refractivity contribution is -0.124. The Hall–Kier alpha value is -1.35. The van der Waals surface area contributed by atoms with Crippen molar-refractivity contribution in [2.45, 2.75) is 63.3 Å². The van der Waals surface area contributed by atoms with Gasteiger partial charge in [-0.05, 0) is 42.2 Å². The van der Waals surface area contributed by atoms with Crippen LogP contribution in [-0.2, 0) is 20.4 Å². The van der Waals surface area contributed by atoms with Crippen molar-refractivity contribution in [3.05, 3.63) is 35.4 Å². The van der Waals surface area contributed by atoms with E-state index in [0.717, 1.165) is 38.9 Å². The first-order valence-corrected chi connectivity index (χ1v) is 8.42. The Morgan fingerprint density at radius 3 is 2.23 bits per heavy atom. The zero-order chi connectivity index (χ0) is 15.8. The second-order valence-corrected chi connectivity index (χ2v) is 7.77. The molecule has 22 heavy (non-hydrogen) atoms. The average molecular weight is 301 g/mol. The van der Waals surface area contributed by atoms with E-state index in [1.807, 2.05) is 0 Å². The van der Waals surface area contributed by atoms with Gasteiger partial charge in [-0.2, -0.15) is 0 Å². The molecular formula is C19H27NO2. The molecule has 2 fully saturated rings. The highest BCUT2D eigenvalue weighted by atomic mass is 16.5. The third-order valence-corrected chi connectivity index (χ3v) is 5.04. The molecule has 1 saturated heterocycles. The molecule has 3 rings (SSSR count). The predicted octanol–water partition coefficient (Wildman–Crippen LogP) is 3.31. The second kappa shape index (κ2) is 5.69. The van der Waals surface area contributed by atoms with Crippen LogP contribution in [-0.4, -0.2) is 25.2 Å². The summed E-state index contributed by atoms with van der Waals surface area (Å²) in [5.74, 6) is 0.211. The first-order valence-electron chi connectivity index (χ1n) is 8.42. The van der Waals surface area contributed by atoms with Gasteiger partial charge in [0.15, 0.2) is 0 Å². The van der Waals surface area contributed by atoms with Gasteiger partial charge in [-0.25, -0.2) is 0 Å².